The lowest BCUT2D eigenvalue weighted by molar-refractivity contribution is 0.0826. The lowest BCUT2D eigenvalue weighted by Crippen LogP contribution is -2.24. The van der Waals surface area contributed by atoms with Gasteiger partial charge < -0.3 is 14.2 Å². The highest BCUT2D eigenvalue weighted by Crippen LogP contribution is 2.33. The second-order valence-electron chi connectivity index (χ2n) is 3.84. The Hall–Kier alpha value is -2.30. The summed E-state index contributed by atoms with van der Waals surface area (Å²) in [6.45, 7) is 2.21. The first-order chi connectivity index (χ1) is 9.15. The summed E-state index contributed by atoms with van der Waals surface area (Å²) in [7, 11) is 2.66. The minimum atomic E-state index is -0.405. The van der Waals surface area contributed by atoms with Gasteiger partial charge in [0.25, 0.3) is 0 Å². The third kappa shape index (κ3) is 1.97. The van der Waals surface area contributed by atoms with Crippen LogP contribution in [0, 0.1) is 0 Å². The number of ketones is 2. The number of rotatable bonds is 4. The Morgan fingerprint density at radius 1 is 1.00 bits per heavy atom. The van der Waals surface area contributed by atoms with Crippen LogP contribution < -0.4 is 4.74 Å². The molecule has 0 saturated carbocycles. The maximum Gasteiger partial charge on any atom is 0.236 e. The lowest BCUT2D eigenvalue weighted by Gasteiger charge is -2.20. The van der Waals surface area contributed by atoms with Crippen molar-refractivity contribution in [3.05, 3.63) is 40.8 Å². The fourth-order valence-corrected chi connectivity index (χ4v) is 2.04. The lowest BCUT2D eigenvalue weighted by atomic mass is 9.91. The van der Waals surface area contributed by atoms with E-state index in [0.717, 1.165) is 0 Å². The molecule has 0 bridgehead atoms. The molecule has 0 atom stereocenters. The number of allylic oxidation sites excluding steroid dienone is 2. The molecule has 0 radical (unpaired) electrons. The number of methoxy groups -OCH3 is 2. The summed E-state index contributed by atoms with van der Waals surface area (Å²) in [5.41, 5.74) is 0.501. The van der Waals surface area contributed by atoms with Crippen LogP contribution >= 0.6 is 0 Å². The SMILES string of the molecule is CCOc1cccc2c1C(=O)C(OC)=C(OC)C2=O. The molecule has 0 aromatic heterocycles. The normalized spacial score (nSPS) is 14.3. The van der Waals surface area contributed by atoms with Crippen molar-refractivity contribution < 1.29 is 23.8 Å². The van der Waals surface area contributed by atoms with Gasteiger partial charge in [0.2, 0.25) is 23.1 Å². The zero-order valence-electron chi connectivity index (χ0n) is 11.0. The van der Waals surface area contributed by atoms with Crippen LogP contribution in [-0.2, 0) is 9.47 Å². The van der Waals surface area contributed by atoms with Gasteiger partial charge in [-0.1, -0.05) is 6.07 Å². The molecule has 1 aromatic carbocycles. The Morgan fingerprint density at radius 3 is 2.21 bits per heavy atom. The van der Waals surface area contributed by atoms with Crippen LogP contribution in [-0.4, -0.2) is 32.4 Å². The molecule has 19 heavy (non-hydrogen) atoms. The third-order valence-corrected chi connectivity index (χ3v) is 2.82. The number of carbonyl (C=O) groups excluding carboxylic acids is 2. The van der Waals surface area contributed by atoms with E-state index in [0.29, 0.717) is 12.4 Å². The standard InChI is InChI=1S/C14H14O5/c1-4-19-9-7-5-6-8-10(9)12(16)14(18-3)13(17-2)11(8)15/h5-7H,4H2,1-3H3. The van der Waals surface area contributed by atoms with E-state index in [1.807, 2.05) is 6.92 Å². The van der Waals surface area contributed by atoms with Gasteiger partial charge in [0, 0.05) is 5.56 Å². The van der Waals surface area contributed by atoms with Crippen LogP contribution in [0.2, 0.25) is 0 Å². The van der Waals surface area contributed by atoms with Crippen molar-refractivity contribution in [2.45, 2.75) is 6.92 Å². The van der Waals surface area contributed by atoms with Crippen molar-refractivity contribution in [1.29, 1.82) is 0 Å². The highest BCUT2D eigenvalue weighted by atomic mass is 16.5. The van der Waals surface area contributed by atoms with Gasteiger partial charge in [-0.3, -0.25) is 9.59 Å². The quantitative estimate of drug-likeness (QED) is 0.830. The molecule has 0 heterocycles. The molecular weight excluding hydrogens is 248 g/mol. The first-order valence-electron chi connectivity index (χ1n) is 5.83. The maximum absolute atomic E-state index is 12.4. The van der Waals surface area contributed by atoms with E-state index in [-0.39, 0.29) is 28.4 Å². The summed E-state index contributed by atoms with van der Waals surface area (Å²) in [5, 5.41) is 0. The van der Waals surface area contributed by atoms with E-state index in [2.05, 4.69) is 0 Å². The Kier molecular flexibility index (Phi) is 3.55. The Labute approximate surface area is 110 Å². The molecule has 0 N–H and O–H groups in total. The van der Waals surface area contributed by atoms with E-state index >= 15 is 0 Å². The summed E-state index contributed by atoms with van der Waals surface area (Å²) in [5.74, 6) is -0.572. The summed E-state index contributed by atoms with van der Waals surface area (Å²) in [6.07, 6.45) is 0. The Bertz CT molecular complexity index is 571. The highest BCUT2D eigenvalue weighted by Gasteiger charge is 2.36. The average Bonchev–Trinajstić information content (AvgIpc) is 2.42. The van der Waals surface area contributed by atoms with Crippen molar-refractivity contribution in [3.8, 4) is 5.75 Å². The molecule has 1 aliphatic rings. The molecule has 100 valence electrons. The highest BCUT2D eigenvalue weighted by molar-refractivity contribution is 6.26. The fourth-order valence-electron chi connectivity index (χ4n) is 2.04. The van der Waals surface area contributed by atoms with Crippen molar-refractivity contribution in [1.82, 2.24) is 0 Å². The first-order valence-corrected chi connectivity index (χ1v) is 5.83. The number of ether oxygens (including phenoxy) is 3. The molecule has 0 amide bonds. The largest absolute Gasteiger partial charge is 0.493 e. The summed E-state index contributed by atoms with van der Waals surface area (Å²) >= 11 is 0. The molecule has 0 saturated heterocycles. The van der Waals surface area contributed by atoms with Gasteiger partial charge >= 0.3 is 0 Å². The van der Waals surface area contributed by atoms with Crippen molar-refractivity contribution in [2.75, 3.05) is 20.8 Å². The number of hydrogen-bond donors (Lipinski definition) is 0. The zero-order chi connectivity index (χ0) is 14.0. The maximum atomic E-state index is 12.4. The van der Waals surface area contributed by atoms with E-state index in [4.69, 9.17) is 14.2 Å². The second kappa shape index (κ2) is 5.14. The van der Waals surface area contributed by atoms with E-state index in [9.17, 15) is 9.59 Å². The minimum absolute atomic E-state index is 0.0753. The van der Waals surface area contributed by atoms with Gasteiger partial charge in [-0.2, -0.15) is 0 Å². The number of carbonyl (C=O) groups is 2. The average molecular weight is 262 g/mol. The first kappa shape index (κ1) is 13.1. The van der Waals surface area contributed by atoms with Gasteiger partial charge in [-0.05, 0) is 19.1 Å². The summed E-state index contributed by atoms with van der Waals surface area (Å²) < 4.78 is 15.4. The fraction of sp³-hybridized carbons (Fsp3) is 0.286. The topological polar surface area (TPSA) is 61.8 Å². The Morgan fingerprint density at radius 2 is 1.63 bits per heavy atom. The molecule has 0 fully saturated rings. The van der Waals surface area contributed by atoms with Crippen LogP contribution in [0.1, 0.15) is 27.6 Å². The molecule has 1 aromatic rings. The summed E-state index contributed by atoms with van der Waals surface area (Å²) in [6, 6.07) is 4.89. The molecule has 0 aliphatic heterocycles. The number of fused-ring (bicyclic) bond motifs is 1. The number of benzene rings is 1. The van der Waals surface area contributed by atoms with Crippen LogP contribution in [0.15, 0.2) is 29.7 Å². The van der Waals surface area contributed by atoms with Gasteiger partial charge in [-0.25, -0.2) is 0 Å². The predicted octanol–water partition coefficient (Wildman–Crippen LogP) is 1.97. The molecule has 0 unspecified atom stereocenters. The molecular formula is C14H14O5. The van der Waals surface area contributed by atoms with Crippen LogP contribution in [0.5, 0.6) is 5.75 Å². The van der Waals surface area contributed by atoms with E-state index in [1.165, 1.54) is 14.2 Å². The minimum Gasteiger partial charge on any atom is -0.493 e. The number of hydrogen-bond acceptors (Lipinski definition) is 5. The summed E-state index contributed by atoms with van der Waals surface area (Å²) in [4.78, 5) is 24.6. The van der Waals surface area contributed by atoms with Crippen molar-refractivity contribution >= 4 is 11.6 Å². The van der Waals surface area contributed by atoms with Gasteiger partial charge in [0.1, 0.15) is 5.75 Å². The molecule has 2 rings (SSSR count). The molecule has 1 aliphatic carbocycles. The monoisotopic (exact) mass is 262 g/mol. The van der Waals surface area contributed by atoms with E-state index < -0.39 is 5.78 Å². The van der Waals surface area contributed by atoms with Crippen molar-refractivity contribution in [3.63, 3.8) is 0 Å². The third-order valence-electron chi connectivity index (χ3n) is 2.82. The zero-order valence-corrected chi connectivity index (χ0v) is 11.0. The van der Waals surface area contributed by atoms with Gasteiger partial charge in [0.05, 0.1) is 26.4 Å². The molecule has 5 nitrogen and oxygen atoms in total. The molecule has 0 spiro atoms. The number of Topliss-reactive ketones (excluding diaryl/α,β-unsaturated/α-hetero) is 2. The van der Waals surface area contributed by atoms with Crippen LogP contribution in [0.4, 0.5) is 0 Å². The smallest absolute Gasteiger partial charge is 0.236 e. The van der Waals surface area contributed by atoms with Crippen LogP contribution in [0.25, 0.3) is 0 Å². The van der Waals surface area contributed by atoms with Crippen molar-refractivity contribution in [2.24, 2.45) is 0 Å². The van der Waals surface area contributed by atoms with Gasteiger partial charge in [0.15, 0.2) is 0 Å². The van der Waals surface area contributed by atoms with Crippen LogP contribution in [0.3, 0.4) is 0 Å². The Balaban J connectivity index is 2.66. The predicted molar refractivity (Wildman–Crippen MR) is 67.3 cm³/mol. The van der Waals surface area contributed by atoms with E-state index in [1.54, 1.807) is 18.2 Å². The molecule has 5 heteroatoms. The van der Waals surface area contributed by atoms with Gasteiger partial charge in [-0.15, -0.1) is 0 Å². The second-order valence-corrected chi connectivity index (χ2v) is 3.84.